The van der Waals surface area contributed by atoms with Crippen LogP contribution in [0.25, 0.3) is 0 Å². The van der Waals surface area contributed by atoms with Crippen LogP contribution in [0.2, 0.25) is 0 Å². The van der Waals surface area contributed by atoms with E-state index < -0.39 is 5.97 Å². The van der Waals surface area contributed by atoms with Crippen molar-refractivity contribution in [3.8, 4) is 0 Å². The first-order valence-corrected chi connectivity index (χ1v) is 3.67. The van der Waals surface area contributed by atoms with Crippen molar-refractivity contribution >= 4 is 5.97 Å². The molecule has 0 aromatic heterocycles. The molecule has 0 aliphatic heterocycles. The topological polar surface area (TPSA) is 37.3 Å². The van der Waals surface area contributed by atoms with Crippen molar-refractivity contribution in [3.63, 3.8) is 0 Å². The molecule has 1 atom stereocenters. The minimum atomic E-state index is -0.744. The van der Waals surface area contributed by atoms with Gasteiger partial charge in [0.2, 0.25) is 0 Å². The van der Waals surface area contributed by atoms with Crippen LogP contribution in [-0.2, 0) is 4.79 Å². The smallest absolute Gasteiger partial charge is 0.306 e. The first-order chi connectivity index (χ1) is 5.22. The SMILES string of the molecule is C=CCCC(CC=C)C(=O)O. The molecule has 0 aliphatic rings. The number of carboxylic acids is 1. The summed E-state index contributed by atoms with van der Waals surface area (Å²) in [5.41, 5.74) is 0. The Hall–Kier alpha value is -1.05. The predicted octanol–water partition coefficient (Wildman–Crippen LogP) is 2.23. The highest BCUT2D eigenvalue weighted by atomic mass is 16.4. The molecule has 1 unspecified atom stereocenters. The predicted molar refractivity (Wildman–Crippen MR) is 45.4 cm³/mol. The van der Waals surface area contributed by atoms with Crippen molar-refractivity contribution < 1.29 is 9.90 Å². The number of aliphatic carboxylic acids is 1. The molecule has 0 aromatic carbocycles. The third-order valence-corrected chi connectivity index (χ3v) is 1.52. The summed E-state index contributed by atoms with van der Waals surface area (Å²) in [6.45, 7) is 7.04. The Morgan fingerprint density at radius 2 is 2.09 bits per heavy atom. The zero-order valence-corrected chi connectivity index (χ0v) is 6.62. The van der Waals surface area contributed by atoms with Crippen molar-refractivity contribution in [2.45, 2.75) is 19.3 Å². The van der Waals surface area contributed by atoms with Crippen LogP contribution in [0.1, 0.15) is 19.3 Å². The Labute approximate surface area is 67.2 Å². The van der Waals surface area contributed by atoms with E-state index in [-0.39, 0.29) is 5.92 Å². The van der Waals surface area contributed by atoms with Crippen LogP contribution >= 0.6 is 0 Å². The van der Waals surface area contributed by atoms with Gasteiger partial charge in [-0.25, -0.2) is 0 Å². The fourth-order valence-electron chi connectivity index (χ4n) is 0.862. The number of allylic oxidation sites excluding steroid dienone is 2. The van der Waals surface area contributed by atoms with Gasteiger partial charge in [-0.05, 0) is 19.3 Å². The Balaban J connectivity index is 3.77. The summed E-state index contributed by atoms with van der Waals surface area (Å²) in [5, 5.41) is 8.65. The average molecular weight is 154 g/mol. The third kappa shape index (κ3) is 4.37. The molecule has 0 aliphatic carbocycles. The van der Waals surface area contributed by atoms with Crippen LogP contribution in [0, 0.1) is 5.92 Å². The number of hydrogen-bond acceptors (Lipinski definition) is 1. The summed E-state index contributed by atoms with van der Waals surface area (Å²) < 4.78 is 0. The molecule has 0 rings (SSSR count). The Morgan fingerprint density at radius 1 is 1.45 bits per heavy atom. The molecule has 0 bridgehead atoms. The molecule has 2 heteroatoms. The standard InChI is InChI=1S/C9H14O2/c1-3-5-7-8(6-4-2)9(10)11/h3-4,8H,1-2,5-7H2,(H,10,11). The lowest BCUT2D eigenvalue weighted by Crippen LogP contribution is -2.12. The number of carboxylic acid groups (broad SMARTS) is 1. The molecule has 0 saturated heterocycles. The average Bonchev–Trinajstić information content (AvgIpc) is 1.97. The highest BCUT2D eigenvalue weighted by Gasteiger charge is 2.13. The van der Waals surface area contributed by atoms with Crippen molar-refractivity contribution in [1.29, 1.82) is 0 Å². The minimum Gasteiger partial charge on any atom is -0.481 e. The van der Waals surface area contributed by atoms with Crippen molar-refractivity contribution in [3.05, 3.63) is 25.3 Å². The van der Waals surface area contributed by atoms with Gasteiger partial charge in [-0.2, -0.15) is 0 Å². The Morgan fingerprint density at radius 3 is 2.45 bits per heavy atom. The van der Waals surface area contributed by atoms with E-state index in [2.05, 4.69) is 13.2 Å². The van der Waals surface area contributed by atoms with Crippen molar-refractivity contribution in [2.24, 2.45) is 5.92 Å². The zero-order valence-electron chi connectivity index (χ0n) is 6.62. The number of rotatable bonds is 6. The van der Waals surface area contributed by atoms with E-state index >= 15 is 0 Å². The minimum absolute atomic E-state index is 0.287. The monoisotopic (exact) mass is 154 g/mol. The van der Waals surface area contributed by atoms with Crippen molar-refractivity contribution in [1.82, 2.24) is 0 Å². The summed E-state index contributed by atoms with van der Waals surface area (Å²) in [5.74, 6) is -1.03. The highest BCUT2D eigenvalue weighted by molar-refractivity contribution is 5.70. The van der Waals surface area contributed by atoms with Crippen LogP contribution in [0.15, 0.2) is 25.3 Å². The van der Waals surface area contributed by atoms with E-state index in [1.54, 1.807) is 12.2 Å². The molecule has 0 heterocycles. The number of carbonyl (C=O) groups is 1. The molecular weight excluding hydrogens is 140 g/mol. The molecule has 0 radical (unpaired) electrons. The van der Waals surface area contributed by atoms with E-state index in [1.807, 2.05) is 0 Å². The normalized spacial score (nSPS) is 12.0. The van der Waals surface area contributed by atoms with Gasteiger partial charge in [0.05, 0.1) is 5.92 Å². The third-order valence-electron chi connectivity index (χ3n) is 1.52. The van der Waals surface area contributed by atoms with Gasteiger partial charge in [0.25, 0.3) is 0 Å². The second-order valence-corrected chi connectivity index (χ2v) is 2.43. The van der Waals surface area contributed by atoms with Crippen LogP contribution < -0.4 is 0 Å². The molecule has 11 heavy (non-hydrogen) atoms. The maximum atomic E-state index is 10.5. The fraction of sp³-hybridized carbons (Fsp3) is 0.444. The summed E-state index contributed by atoms with van der Waals surface area (Å²) in [6.07, 6.45) is 5.33. The van der Waals surface area contributed by atoms with E-state index in [4.69, 9.17) is 5.11 Å². The van der Waals surface area contributed by atoms with Gasteiger partial charge in [0.15, 0.2) is 0 Å². The van der Waals surface area contributed by atoms with E-state index in [9.17, 15) is 4.79 Å². The lowest BCUT2D eigenvalue weighted by molar-refractivity contribution is -0.141. The second kappa shape index (κ2) is 5.71. The van der Waals surface area contributed by atoms with Gasteiger partial charge >= 0.3 is 5.97 Å². The summed E-state index contributed by atoms with van der Waals surface area (Å²) >= 11 is 0. The van der Waals surface area contributed by atoms with Crippen LogP contribution in [0.5, 0.6) is 0 Å². The Kier molecular flexibility index (Phi) is 5.17. The maximum Gasteiger partial charge on any atom is 0.306 e. The summed E-state index contributed by atoms with van der Waals surface area (Å²) in [6, 6.07) is 0. The molecule has 0 spiro atoms. The van der Waals surface area contributed by atoms with Crippen LogP contribution in [0.3, 0.4) is 0 Å². The molecule has 0 fully saturated rings. The van der Waals surface area contributed by atoms with Gasteiger partial charge in [-0.3, -0.25) is 4.79 Å². The maximum absolute atomic E-state index is 10.5. The van der Waals surface area contributed by atoms with Gasteiger partial charge < -0.3 is 5.11 Å². The summed E-state index contributed by atoms with van der Waals surface area (Å²) in [7, 11) is 0. The summed E-state index contributed by atoms with van der Waals surface area (Å²) in [4.78, 5) is 10.5. The lowest BCUT2D eigenvalue weighted by atomic mass is 10.00. The molecular formula is C9H14O2. The fourth-order valence-corrected chi connectivity index (χ4v) is 0.862. The molecule has 0 aromatic rings. The van der Waals surface area contributed by atoms with Crippen molar-refractivity contribution in [2.75, 3.05) is 0 Å². The van der Waals surface area contributed by atoms with Gasteiger partial charge in [0.1, 0.15) is 0 Å². The first kappa shape index (κ1) is 9.95. The molecule has 1 N–H and O–H groups in total. The second-order valence-electron chi connectivity index (χ2n) is 2.43. The van der Waals surface area contributed by atoms with E-state index in [0.717, 1.165) is 6.42 Å². The lowest BCUT2D eigenvalue weighted by Gasteiger charge is -2.06. The Bertz CT molecular complexity index is 150. The zero-order chi connectivity index (χ0) is 8.69. The largest absolute Gasteiger partial charge is 0.481 e. The molecule has 2 nitrogen and oxygen atoms in total. The van der Waals surface area contributed by atoms with E-state index in [0.29, 0.717) is 12.8 Å². The van der Waals surface area contributed by atoms with Crippen LogP contribution in [0.4, 0.5) is 0 Å². The quantitative estimate of drug-likeness (QED) is 0.595. The number of hydrogen-bond donors (Lipinski definition) is 1. The van der Waals surface area contributed by atoms with Gasteiger partial charge in [0, 0.05) is 0 Å². The van der Waals surface area contributed by atoms with E-state index in [1.165, 1.54) is 0 Å². The van der Waals surface area contributed by atoms with Gasteiger partial charge in [-0.15, -0.1) is 13.2 Å². The molecule has 62 valence electrons. The molecule has 0 saturated carbocycles. The van der Waals surface area contributed by atoms with Gasteiger partial charge in [-0.1, -0.05) is 12.2 Å². The first-order valence-electron chi connectivity index (χ1n) is 3.67. The van der Waals surface area contributed by atoms with Crippen LogP contribution in [-0.4, -0.2) is 11.1 Å². The molecule has 0 amide bonds. The highest BCUT2D eigenvalue weighted by Crippen LogP contribution is 2.11.